The second kappa shape index (κ2) is 18.9. The largest absolute Gasteiger partial charge is 0.495 e. The number of esters is 2. The van der Waals surface area contributed by atoms with E-state index in [1.807, 2.05) is 36.9 Å². The number of aliphatic hydroxyl groups is 1. The SMILES string of the molecule is CC[C@H](C)C(=O)O[C@H]1CCC=C2C=C[C@H](C)[C@H](CC[C@@H]3C[C@@H](O)CC(=O)O3)[C@H]21.COc1ccccc1N1CCN(CCN2C=NC3C2C(=O)N(C)C(=O)N3C)CC1. The lowest BCUT2D eigenvalue weighted by atomic mass is 9.66. The molecule has 4 heterocycles. The fourth-order valence-corrected chi connectivity index (χ4v) is 9.06. The number of amides is 3. The molecule has 0 aromatic heterocycles. The minimum atomic E-state index is -0.593. The first kappa shape index (κ1) is 42.2. The minimum absolute atomic E-state index is 0.0764. The number of ether oxygens (including phenoxy) is 3. The number of piperazine rings is 1. The van der Waals surface area contributed by atoms with Crippen molar-refractivity contribution >= 4 is 35.9 Å². The predicted molar refractivity (Wildman–Crippen MR) is 217 cm³/mol. The van der Waals surface area contributed by atoms with Gasteiger partial charge >= 0.3 is 18.0 Å². The lowest BCUT2D eigenvalue weighted by Gasteiger charge is -2.42. The number of methoxy groups -OCH3 is 1. The number of benzene rings is 1. The molecule has 0 bridgehead atoms. The number of aliphatic imine (C=N–C) groups is 1. The summed E-state index contributed by atoms with van der Waals surface area (Å²) >= 11 is 0. The maximum Gasteiger partial charge on any atom is 0.328 e. The number of allylic oxidation sites excluding steroid dienone is 3. The van der Waals surface area contributed by atoms with Gasteiger partial charge in [0.2, 0.25) is 0 Å². The number of likely N-dealkylation sites (N-methyl/N-ethyl adjacent to an activating group) is 2. The van der Waals surface area contributed by atoms with Crippen molar-refractivity contribution in [3.05, 3.63) is 48.1 Å². The van der Waals surface area contributed by atoms with Gasteiger partial charge in [-0.15, -0.1) is 0 Å². The molecular weight excluding hydrogens is 729 g/mol. The molecule has 4 aliphatic heterocycles. The third-order valence-electron chi connectivity index (χ3n) is 12.7. The molecule has 3 amide bonds. The highest BCUT2D eigenvalue weighted by molar-refractivity contribution is 6.01. The van der Waals surface area contributed by atoms with Gasteiger partial charge in [0.15, 0.2) is 12.2 Å². The highest BCUT2D eigenvalue weighted by Gasteiger charge is 2.48. The zero-order chi connectivity index (χ0) is 40.8. The smallest absolute Gasteiger partial charge is 0.328 e. The van der Waals surface area contributed by atoms with Gasteiger partial charge < -0.3 is 34.0 Å². The summed E-state index contributed by atoms with van der Waals surface area (Å²) in [6.45, 7) is 11.5. The number of carbonyl (C=O) groups excluding carboxylic acids is 4. The number of cyclic esters (lactones) is 1. The number of hydrogen-bond donors (Lipinski definition) is 1. The number of fused-ring (bicyclic) bond motifs is 2. The Kier molecular flexibility index (Phi) is 14.0. The van der Waals surface area contributed by atoms with E-state index in [-0.39, 0.29) is 54.3 Å². The Bertz CT molecular complexity index is 1690. The number of nitrogens with zero attached hydrogens (tertiary/aromatic N) is 6. The van der Waals surface area contributed by atoms with Crippen LogP contribution >= 0.6 is 0 Å². The molecule has 2 aliphatic carbocycles. The molecule has 7 rings (SSSR count). The van der Waals surface area contributed by atoms with Gasteiger partial charge in [0.05, 0.1) is 37.6 Å². The van der Waals surface area contributed by atoms with Crippen LogP contribution in [0.4, 0.5) is 10.5 Å². The molecule has 2 unspecified atom stereocenters. The molecular formula is C43H62N6O8. The Balaban J connectivity index is 0.000000193. The molecule has 1 aromatic rings. The van der Waals surface area contributed by atoms with Crippen molar-refractivity contribution in [1.82, 2.24) is 19.6 Å². The number of carbonyl (C=O) groups is 4. The molecule has 3 saturated heterocycles. The van der Waals surface area contributed by atoms with Crippen LogP contribution in [0.5, 0.6) is 5.75 Å². The fraction of sp³-hybridized carbons (Fsp3) is 0.651. The van der Waals surface area contributed by atoms with Crippen molar-refractivity contribution in [3.8, 4) is 5.75 Å². The van der Waals surface area contributed by atoms with Crippen molar-refractivity contribution in [3.63, 3.8) is 0 Å². The molecule has 0 radical (unpaired) electrons. The Hall–Kier alpha value is -4.43. The molecule has 1 aromatic carbocycles. The number of hydrogen-bond acceptors (Lipinski definition) is 12. The first-order chi connectivity index (χ1) is 27.4. The number of para-hydroxylation sites is 2. The van der Waals surface area contributed by atoms with Gasteiger partial charge in [0, 0.05) is 65.7 Å². The summed E-state index contributed by atoms with van der Waals surface area (Å²) in [5.74, 6) is 1.14. The number of urea groups is 1. The van der Waals surface area contributed by atoms with E-state index in [2.05, 4.69) is 46.0 Å². The lowest BCUT2D eigenvalue weighted by Crippen LogP contribution is -2.64. The third-order valence-corrected chi connectivity index (χ3v) is 12.7. The van der Waals surface area contributed by atoms with Gasteiger partial charge in [0.1, 0.15) is 18.0 Å². The van der Waals surface area contributed by atoms with Gasteiger partial charge in [-0.1, -0.05) is 51.1 Å². The Morgan fingerprint density at radius 3 is 2.54 bits per heavy atom. The van der Waals surface area contributed by atoms with E-state index >= 15 is 0 Å². The zero-order valence-electron chi connectivity index (χ0n) is 34.5. The summed E-state index contributed by atoms with van der Waals surface area (Å²) < 4.78 is 16.9. The van der Waals surface area contributed by atoms with Crippen molar-refractivity contribution in [2.75, 3.05) is 65.4 Å². The standard InChI is InChI=1S/C23H34O5.C20H28N6O3/c1-4-14(2)23(26)28-20-7-5-6-16-9-8-15(3)19(22(16)20)11-10-18-12-17(24)13-21(25)27-18;1-22-18-17(19(27)23(2)20(22)28)26(14-21-18)13-10-24-8-11-25(12-9-24)15-6-4-5-7-16(15)29-3/h6,8-9,14-15,17-20,22,24H,4-5,7,10-13H2,1-3H3;4-7,14,17-18H,8-13H2,1-3H3/t14-,15-,17+,18+,19-,20-,22-;/m0./s1. The Morgan fingerprint density at radius 1 is 1.07 bits per heavy atom. The van der Waals surface area contributed by atoms with Crippen molar-refractivity contribution in [2.45, 2.75) is 96.2 Å². The Morgan fingerprint density at radius 2 is 1.82 bits per heavy atom. The van der Waals surface area contributed by atoms with E-state index in [9.17, 15) is 24.3 Å². The van der Waals surface area contributed by atoms with Crippen molar-refractivity contribution in [2.24, 2.45) is 28.7 Å². The van der Waals surface area contributed by atoms with Crippen LogP contribution in [0.2, 0.25) is 0 Å². The average molecular weight is 791 g/mol. The molecule has 9 atom stereocenters. The maximum atomic E-state index is 12.6. The average Bonchev–Trinajstić information content (AvgIpc) is 3.65. The third kappa shape index (κ3) is 9.65. The van der Waals surface area contributed by atoms with Crippen molar-refractivity contribution in [1.29, 1.82) is 0 Å². The van der Waals surface area contributed by atoms with Crippen LogP contribution in [0.15, 0.2) is 53.1 Å². The summed E-state index contributed by atoms with van der Waals surface area (Å²) in [5, 5.41) is 9.86. The molecule has 14 heteroatoms. The van der Waals surface area contributed by atoms with Crippen molar-refractivity contribution < 1.29 is 38.5 Å². The summed E-state index contributed by atoms with van der Waals surface area (Å²) in [6, 6.07) is 7.38. The molecule has 6 aliphatic rings. The summed E-state index contributed by atoms with van der Waals surface area (Å²) in [7, 11) is 4.93. The molecule has 3 fully saturated rings. The van der Waals surface area contributed by atoms with Crippen LogP contribution < -0.4 is 9.64 Å². The van der Waals surface area contributed by atoms with Crippen LogP contribution in [0, 0.1) is 23.7 Å². The van der Waals surface area contributed by atoms with Crippen LogP contribution in [0.3, 0.4) is 0 Å². The van der Waals surface area contributed by atoms with Gasteiger partial charge in [-0.2, -0.15) is 0 Å². The second-order valence-electron chi connectivity index (χ2n) is 16.4. The second-order valence-corrected chi connectivity index (χ2v) is 16.4. The molecule has 0 spiro atoms. The number of rotatable bonds is 11. The lowest BCUT2D eigenvalue weighted by molar-refractivity contribution is -0.162. The first-order valence-corrected chi connectivity index (χ1v) is 20.8. The molecule has 312 valence electrons. The van der Waals surface area contributed by atoms with Gasteiger partial charge in [0.25, 0.3) is 5.91 Å². The van der Waals surface area contributed by atoms with Crippen LogP contribution in [-0.2, 0) is 23.9 Å². The summed E-state index contributed by atoms with van der Waals surface area (Å²) in [5.41, 5.74) is 2.41. The van der Waals surface area contributed by atoms with E-state index in [4.69, 9.17) is 14.2 Å². The molecule has 1 N–H and O–H groups in total. The van der Waals surface area contributed by atoms with Crippen LogP contribution in [-0.4, -0.2) is 146 Å². The molecule has 14 nitrogen and oxygen atoms in total. The summed E-state index contributed by atoms with van der Waals surface area (Å²) in [6.07, 6.45) is 11.9. The topological polar surface area (TPSA) is 145 Å². The van der Waals surface area contributed by atoms with E-state index in [1.165, 1.54) is 22.4 Å². The van der Waals surface area contributed by atoms with E-state index in [0.717, 1.165) is 76.3 Å². The van der Waals surface area contributed by atoms with Gasteiger partial charge in [-0.25, -0.2) is 9.79 Å². The minimum Gasteiger partial charge on any atom is -0.495 e. The number of aliphatic hydroxyl groups excluding tert-OH is 1. The van der Waals surface area contributed by atoms with E-state index < -0.39 is 18.3 Å². The maximum absolute atomic E-state index is 12.6. The number of imide groups is 1. The summed E-state index contributed by atoms with van der Waals surface area (Å²) in [4.78, 5) is 62.6. The number of anilines is 1. The highest BCUT2D eigenvalue weighted by atomic mass is 16.6. The molecule has 0 saturated carbocycles. The van der Waals surface area contributed by atoms with Crippen LogP contribution in [0.1, 0.15) is 65.7 Å². The first-order valence-electron chi connectivity index (χ1n) is 20.8. The van der Waals surface area contributed by atoms with Gasteiger partial charge in [-0.3, -0.25) is 24.2 Å². The normalized spacial score (nSPS) is 30.5. The molecule has 57 heavy (non-hydrogen) atoms. The fourth-order valence-electron chi connectivity index (χ4n) is 9.06. The monoisotopic (exact) mass is 790 g/mol. The zero-order valence-corrected chi connectivity index (χ0v) is 34.5. The Labute approximate surface area is 337 Å². The quantitative estimate of drug-likeness (QED) is 0.320. The van der Waals surface area contributed by atoms with Gasteiger partial charge in [-0.05, 0) is 61.6 Å². The van der Waals surface area contributed by atoms with E-state index in [1.54, 1.807) is 20.5 Å². The highest BCUT2D eigenvalue weighted by Crippen LogP contribution is 2.44. The van der Waals surface area contributed by atoms with Crippen LogP contribution in [0.25, 0.3) is 0 Å². The predicted octanol–water partition coefficient (Wildman–Crippen LogP) is 4.33. The van der Waals surface area contributed by atoms with E-state index in [0.29, 0.717) is 24.8 Å².